The Bertz CT molecular complexity index is 596. The molecule has 0 saturated carbocycles. The van der Waals surface area contributed by atoms with E-state index in [9.17, 15) is 8.42 Å². The van der Waals surface area contributed by atoms with Crippen molar-refractivity contribution in [3.8, 4) is 0 Å². The summed E-state index contributed by atoms with van der Waals surface area (Å²) in [5.41, 5.74) is 1.01. The summed E-state index contributed by atoms with van der Waals surface area (Å²) in [6.45, 7) is 3.48. The molecule has 0 spiro atoms. The van der Waals surface area contributed by atoms with Crippen molar-refractivity contribution in [2.75, 3.05) is 0 Å². The Morgan fingerprint density at radius 3 is 2.25 bits per heavy atom. The monoisotopic (exact) mass is 237 g/mol. The van der Waals surface area contributed by atoms with E-state index in [0.29, 0.717) is 5.76 Å². The molecule has 0 atom stereocenters. The van der Waals surface area contributed by atoms with Gasteiger partial charge in [0.2, 0.25) is 14.9 Å². The van der Waals surface area contributed by atoms with Crippen LogP contribution in [0.1, 0.15) is 11.3 Å². The molecule has 0 radical (unpaired) electrons. The molecule has 4 nitrogen and oxygen atoms in total. The first kappa shape index (κ1) is 10.9. The Labute approximate surface area is 93.9 Å². The van der Waals surface area contributed by atoms with Crippen molar-refractivity contribution in [3.63, 3.8) is 0 Å². The molecule has 1 heterocycles. The van der Waals surface area contributed by atoms with Crippen LogP contribution in [0.25, 0.3) is 0 Å². The number of oxazole rings is 1. The Hall–Kier alpha value is -1.62. The lowest BCUT2D eigenvalue weighted by Gasteiger charge is -2.01. The predicted octanol–water partition coefficient (Wildman–Crippen LogP) is 2.12. The van der Waals surface area contributed by atoms with Gasteiger partial charge in [-0.1, -0.05) is 17.7 Å². The molecule has 2 rings (SSSR count). The molecule has 0 fully saturated rings. The van der Waals surface area contributed by atoms with Gasteiger partial charge in [-0.05, 0) is 26.0 Å². The minimum atomic E-state index is -3.55. The number of nitrogens with zero attached hydrogens (tertiary/aromatic N) is 1. The van der Waals surface area contributed by atoms with Gasteiger partial charge in [-0.25, -0.2) is 13.4 Å². The maximum atomic E-state index is 12.1. The van der Waals surface area contributed by atoms with E-state index in [1.807, 2.05) is 6.92 Å². The van der Waals surface area contributed by atoms with Crippen LogP contribution >= 0.6 is 0 Å². The van der Waals surface area contributed by atoms with E-state index in [-0.39, 0.29) is 9.92 Å². The molecular formula is C11H11NO3S. The predicted molar refractivity (Wildman–Crippen MR) is 57.9 cm³/mol. The third-order valence-electron chi connectivity index (χ3n) is 2.29. The van der Waals surface area contributed by atoms with Gasteiger partial charge < -0.3 is 4.42 Å². The highest BCUT2D eigenvalue weighted by Crippen LogP contribution is 2.22. The quantitative estimate of drug-likeness (QED) is 0.802. The fraction of sp³-hybridized carbons (Fsp3) is 0.182. The van der Waals surface area contributed by atoms with E-state index in [1.54, 1.807) is 31.2 Å². The van der Waals surface area contributed by atoms with Gasteiger partial charge in [-0.15, -0.1) is 0 Å². The van der Waals surface area contributed by atoms with Crippen LogP contribution < -0.4 is 0 Å². The molecule has 0 saturated heterocycles. The van der Waals surface area contributed by atoms with Crippen LogP contribution in [0.3, 0.4) is 0 Å². The molecule has 0 aliphatic carbocycles. The van der Waals surface area contributed by atoms with Crippen LogP contribution in [-0.4, -0.2) is 13.4 Å². The van der Waals surface area contributed by atoms with Gasteiger partial charge in [0.05, 0.1) is 4.90 Å². The Morgan fingerprint density at radius 2 is 1.75 bits per heavy atom. The molecular weight excluding hydrogens is 226 g/mol. The van der Waals surface area contributed by atoms with Crippen molar-refractivity contribution in [2.24, 2.45) is 0 Å². The molecule has 1 aromatic carbocycles. The fourth-order valence-corrected chi connectivity index (χ4v) is 2.71. The average molecular weight is 237 g/mol. The van der Waals surface area contributed by atoms with Crippen molar-refractivity contribution in [2.45, 2.75) is 23.8 Å². The normalized spacial score (nSPS) is 11.6. The standard InChI is InChI=1S/C11H11NO3S/c1-8-3-5-10(6-4-8)16(13,14)11-9(2)15-7-12-11/h3-7H,1-2H3. The Kier molecular flexibility index (Phi) is 2.55. The van der Waals surface area contributed by atoms with Crippen LogP contribution in [0.5, 0.6) is 0 Å². The average Bonchev–Trinajstić information content (AvgIpc) is 2.66. The zero-order valence-electron chi connectivity index (χ0n) is 8.97. The molecule has 0 aliphatic rings. The Morgan fingerprint density at radius 1 is 1.12 bits per heavy atom. The van der Waals surface area contributed by atoms with Gasteiger partial charge in [0, 0.05) is 0 Å². The van der Waals surface area contributed by atoms with Crippen molar-refractivity contribution in [1.82, 2.24) is 4.98 Å². The molecule has 1 aromatic heterocycles. The maximum Gasteiger partial charge on any atom is 0.227 e. The molecule has 84 valence electrons. The molecule has 0 unspecified atom stereocenters. The van der Waals surface area contributed by atoms with E-state index in [0.717, 1.165) is 12.0 Å². The lowest BCUT2D eigenvalue weighted by molar-refractivity contribution is 0.519. The second-order valence-corrected chi connectivity index (χ2v) is 5.40. The number of benzene rings is 1. The minimum absolute atomic E-state index is 0.0173. The summed E-state index contributed by atoms with van der Waals surface area (Å²) < 4.78 is 29.1. The summed E-state index contributed by atoms with van der Waals surface area (Å²) in [6, 6.07) is 6.64. The molecule has 0 aliphatic heterocycles. The second-order valence-electron chi connectivity index (χ2n) is 3.53. The number of aryl methyl sites for hydroxylation is 2. The highest BCUT2D eigenvalue weighted by Gasteiger charge is 2.23. The summed E-state index contributed by atoms with van der Waals surface area (Å²) in [7, 11) is -3.55. The minimum Gasteiger partial charge on any atom is -0.447 e. The zero-order chi connectivity index (χ0) is 11.8. The fourth-order valence-electron chi connectivity index (χ4n) is 1.38. The van der Waals surface area contributed by atoms with Crippen molar-refractivity contribution in [1.29, 1.82) is 0 Å². The van der Waals surface area contributed by atoms with E-state index in [2.05, 4.69) is 4.98 Å². The zero-order valence-corrected chi connectivity index (χ0v) is 9.78. The van der Waals surface area contributed by atoms with E-state index < -0.39 is 9.84 Å². The van der Waals surface area contributed by atoms with Gasteiger partial charge >= 0.3 is 0 Å². The summed E-state index contributed by atoms with van der Waals surface area (Å²) >= 11 is 0. The van der Waals surface area contributed by atoms with Gasteiger partial charge in [0.25, 0.3) is 0 Å². The molecule has 0 N–H and O–H groups in total. The van der Waals surface area contributed by atoms with Crippen molar-refractivity contribution >= 4 is 9.84 Å². The van der Waals surface area contributed by atoms with Crippen LogP contribution in [-0.2, 0) is 9.84 Å². The summed E-state index contributed by atoms with van der Waals surface area (Å²) in [4.78, 5) is 3.96. The van der Waals surface area contributed by atoms with E-state index in [1.165, 1.54) is 0 Å². The lowest BCUT2D eigenvalue weighted by atomic mass is 10.2. The molecule has 16 heavy (non-hydrogen) atoms. The van der Waals surface area contributed by atoms with Gasteiger partial charge in [-0.3, -0.25) is 0 Å². The first-order chi connectivity index (χ1) is 7.51. The first-order valence-corrected chi connectivity index (χ1v) is 6.22. The van der Waals surface area contributed by atoms with Crippen LogP contribution in [0.2, 0.25) is 0 Å². The van der Waals surface area contributed by atoms with E-state index in [4.69, 9.17) is 4.42 Å². The van der Waals surface area contributed by atoms with Gasteiger partial charge in [-0.2, -0.15) is 0 Å². The summed E-state index contributed by atoms with van der Waals surface area (Å²) in [6.07, 6.45) is 1.14. The lowest BCUT2D eigenvalue weighted by Crippen LogP contribution is -2.03. The summed E-state index contributed by atoms with van der Waals surface area (Å²) in [5, 5.41) is -0.0173. The number of sulfone groups is 1. The number of aromatic nitrogens is 1. The first-order valence-electron chi connectivity index (χ1n) is 4.73. The number of hydrogen-bond donors (Lipinski definition) is 0. The SMILES string of the molecule is Cc1ccc(S(=O)(=O)c2ncoc2C)cc1. The number of rotatable bonds is 2. The molecule has 5 heteroatoms. The van der Waals surface area contributed by atoms with Crippen LogP contribution in [0.4, 0.5) is 0 Å². The molecule has 2 aromatic rings. The van der Waals surface area contributed by atoms with Crippen molar-refractivity contribution in [3.05, 3.63) is 42.0 Å². The number of hydrogen-bond acceptors (Lipinski definition) is 4. The molecule has 0 bridgehead atoms. The highest BCUT2D eigenvalue weighted by atomic mass is 32.2. The largest absolute Gasteiger partial charge is 0.447 e. The topological polar surface area (TPSA) is 60.2 Å². The maximum absolute atomic E-state index is 12.1. The van der Waals surface area contributed by atoms with Crippen LogP contribution in [0.15, 0.2) is 45.0 Å². The second kappa shape index (κ2) is 3.75. The van der Waals surface area contributed by atoms with Crippen LogP contribution in [0, 0.1) is 13.8 Å². The van der Waals surface area contributed by atoms with Gasteiger partial charge in [0.15, 0.2) is 6.39 Å². The van der Waals surface area contributed by atoms with Crippen molar-refractivity contribution < 1.29 is 12.8 Å². The van der Waals surface area contributed by atoms with Gasteiger partial charge in [0.1, 0.15) is 5.76 Å². The smallest absolute Gasteiger partial charge is 0.227 e. The third-order valence-corrected chi connectivity index (χ3v) is 4.08. The Balaban J connectivity index is 2.56. The highest BCUT2D eigenvalue weighted by molar-refractivity contribution is 7.91. The molecule has 0 amide bonds. The van der Waals surface area contributed by atoms with E-state index >= 15 is 0 Å². The third kappa shape index (κ3) is 1.74. The summed E-state index contributed by atoms with van der Waals surface area (Å²) in [5.74, 6) is 0.306.